The van der Waals surface area contributed by atoms with Gasteiger partial charge in [0.05, 0.1) is 0 Å². The number of rotatable bonds is 5. The first-order valence-electron chi connectivity index (χ1n) is 11.7. The maximum Gasteiger partial charge on any atom is 0.132 e. The van der Waals surface area contributed by atoms with Gasteiger partial charge in [-0.3, -0.25) is 0 Å². The molecule has 2 fully saturated rings. The number of hydrogen-bond donors (Lipinski definition) is 0. The van der Waals surface area contributed by atoms with Crippen LogP contribution in [0.2, 0.25) is 0 Å². The molecule has 1 aromatic rings. The van der Waals surface area contributed by atoms with Crippen molar-refractivity contribution in [2.24, 2.45) is 29.6 Å². The van der Waals surface area contributed by atoms with Gasteiger partial charge in [-0.15, -0.1) is 6.58 Å². The minimum Gasteiger partial charge on any atom is -0.207 e. The molecule has 0 aliphatic heterocycles. The van der Waals surface area contributed by atoms with Crippen LogP contribution in [0.25, 0.3) is 0 Å². The van der Waals surface area contributed by atoms with Crippen molar-refractivity contribution in [1.82, 2.24) is 0 Å². The summed E-state index contributed by atoms with van der Waals surface area (Å²) in [5, 5.41) is 0. The largest absolute Gasteiger partial charge is 0.207 e. The molecule has 0 heterocycles. The van der Waals surface area contributed by atoms with E-state index >= 15 is 0 Å². The highest BCUT2D eigenvalue weighted by atomic mass is 19.1. The van der Waals surface area contributed by atoms with Crippen LogP contribution < -0.4 is 0 Å². The molecule has 1 aromatic carbocycles. The fraction of sp³-hybridized carbons (Fsp3) is 0.692. The number of benzene rings is 1. The first-order valence-corrected chi connectivity index (χ1v) is 11.7. The lowest BCUT2D eigenvalue weighted by atomic mass is 9.61. The van der Waals surface area contributed by atoms with Gasteiger partial charge in [-0.05, 0) is 111 Å². The third-order valence-electron chi connectivity index (χ3n) is 8.36. The SMILES string of the molecule is C=CCCc1c(F)cc2c(c1F)CCC(C1CCC3CC(CC)CCC3C1)C2. The Bertz CT molecular complexity index is 707. The third-order valence-corrected chi connectivity index (χ3v) is 8.36. The van der Waals surface area contributed by atoms with E-state index in [0.717, 1.165) is 54.1 Å². The number of fused-ring (bicyclic) bond motifs is 2. The number of halogens is 2. The molecule has 0 saturated heterocycles. The zero-order valence-electron chi connectivity index (χ0n) is 17.5. The van der Waals surface area contributed by atoms with Crippen molar-refractivity contribution in [2.45, 2.75) is 84.0 Å². The van der Waals surface area contributed by atoms with E-state index in [9.17, 15) is 8.78 Å². The molecular weight excluding hydrogens is 350 g/mol. The van der Waals surface area contributed by atoms with Gasteiger partial charge >= 0.3 is 0 Å². The normalized spacial score (nSPS) is 32.5. The predicted octanol–water partition coefficient (Wildman–Crippen LogP) is 7.43. The van der Waals surface area contributed by atoms with E-state index in [1.807, 2.05) is 0 Å². The predicted molar refractivity (Wildman–Crippen MR) is 112 cm³/mol. The van der Waals surface area contributed by atoms with Crippen LogP contribution in [0.4, 0.5) is 8.78 Å². The van der Waals surface area contributed by atoms with Crippen LogP contribution in [0.3, 0.4) is 0 Å². The molecule has 2 saturated carbocycles. The molecule has 0 bridgehead atoms. The monoisotopic (exact) mass is 386 g/mol. The Balaban J connectivity index is 1.44. The third kappa shape index (κ3) is 3.94. The zero-order chi connectivity index (χ0) is 19.7. The summed E-state index contributed by atoms with van der Waals surface area (Å²) in [5.74, 6) is 3.60. The van der Waals surface area contributed by atoms with Crippen LogP contribution in [-0.2, 0) is 19.3 Å². The first kappa shape index (κ1) is 20.1. The van der Waals surface area contributed by atoms with E-state index in [1.165, 1.54) is 44.9 Å². The standard InChI is InChI=1S/C26H36F2/c1-3-5-6-24-25(27)16-22-15-21(11-12-23(22)26(24)28)20-10-9-18-13-17(4-2)7-8-19(18)14-20/h3,16-21H,1,4-15H2,2H3. The summed E-state index contributed by atoms with van der Waals surface area (Å²) < 4.78 is 29.5. The quantitative estimate of drug-likeness (QED) is 0.462. The van der Waals surface area contributed by atoms with Crippen molar-refractivity contribution in [3.05, 3.63) is 47.0 Å². The van der Waals surface area contributed by atoms with Gasteiger partial charge in [0.2, 0.25) is 0 Å². The Morgan fingerprint density at radius 1 is 1.00 bits per heavy atom. The Morgan fingerprint density at radius 2 is 1.71 bits per heavy atom. The maximum absolute atomic E-state index is 14.9. The van der Waals surface area contributed by atoms with E-state index in [2.05, 4.69) is 13.5 Å². The number of hydrogen-bond acceptors (Lipinski definition) is 0. The van der Waals surface area contributed by atoms with Crippen LogP contribution in [-0.4, -0.2) is 0 Å². The van der Waals surface area contributed by atoms with Crippen LogP contribution in [0.15, 0.2) is 18.7 Å². The molecule has 0 amide bonds. The molecule has 0 spiro atoms. The molecule has 5 unspecified atom stereocenters. The summed E-state index contributed by atoms with van der Waals surface area (Å²) in [6.45, 7) is 6.02. The second-order valence-corrected chi connectivity index (χ2v) is 9.80. The van der Waals surface area contributed by atoms with Crippen LogP contribution >= 0.6 is 0 Å². The van der Waals surface area contributed by atoms with Crippen LogP contribution in [0.1, 0.15) is 81.4 Å². The molecule has 0 radical (unpaired) electrons. The highest BCUT2D eigenvalue weighted by molar-refractivity contribution is 5.37. The van der Waals surface area contributed by atoms with E-state index in [1.54, 1.807) is 12.1 Å². The fourth-order valence-corrected chi connectivity index (χ4v) is 6.62. The van der Waals surface area contributed by atoms with Crippen molar-refractivity contribution < 1.29 is 8.78 Å². The lowest BCUT2D eigenvalue weighted by molar-refractivity contribution is 0.0706. The van der Waals surface area contributed by atoms with Crippen molar-refractivity contribution in [3.63, 3.8) is 0 Å². The van der Waals surface area contributed by atoms with Gasteiger partial charge < -0.3 is 0 Å². The summed E-state index contributed by atoms with van der Waals surface area (Å²) in [6.07, 6.45) is 15.2. The second-order valence-electron chi connectivity index (χ2n) is 9.80. The van der Waals surface area contributed by atoms with E-state index in [4.69, 9.17) is 0 Å². The Hall–Kier alpha value is -1.18. The minimum atomic E-state index is -0.347. The molecule has 5 atom stereocenters. The molecule has 28 heavy (non-hydrogen) atoms. The summed E-state index contributed by atoms with van der Waals surface area (Å²) >= 11 is 0. The van der Waals surface area contributed by atoms with Gasteiger partial charge in [-0.25, -0.2) is 8.78 Å². The van der Waals surface area contributed by atoms with E-state index in [0.29, 0.717) is 18.8 Å². The summed E-state index contributed by atoms with van der Waals surface area (Å²) in [7, 11) is 0. The molecule has 3 aliphatic carbocycles. The molecular formula is C26H36F2. The van der Waals surface area contributed by atoms with Gasteiger partial charge in [0.15, 0.2) is 0 Å². The highest BCUT2D eigenvalue weighted by Crippen LogP contribution is 2.49. The summed E-state index contributed by atoms with van der Waals surface area (Å²) in [4.78, 5) is 0. The second kappa shape index (κ2) is 8.67. The average molecular weight is 387 g/mol. The smallest absolute Gasteiger partial charge is 0.132 e. The summed E-state index contributed by atoms with van der Waals surface area (Å²) in [5.41, 5.74) is 2.02. The van der Waals surface area contributed by atoms with Crippen LogP contribution in [0, 0.1) is 41.2 Å². The van der Waals surface area contributed by atoms with Gasteiger partial charge in [0.1, 0.15) is 11.6 Å². The first-order chi connectivity index (χ1) is 13.6. The molecule has 154 valence electrons. The lowest BCUT2D eigenvalue weighted by Crippen LogP contribution is -2.35. The van der Waals surface area contributed by atoms with Crippen molar-refractivity contribution in [1.29, 1.82) is 0 Å². The topological polar surface area (TPSA) is 0 Å². The Kier molecular flexibility index (Phi) is 6.23. The maximum atomic E-state index is 14.9. The van der Waals surface area contributed by atoms with E-state index < -0.39 is 0 Å². The van der Waals surface area contributed by atoms with Crippen molar-refractivity contribution in [2.75, 3.05) is 0 Å². The van der Waals surface area contributed by atoms with Gasteiger partial charge in [-0.2, -0.15) is 0 Å². The fourth-order valence-electron chi connectivity index (χ4n) is 6.62. The van der Waals surface area contributed by atoms with Gasteiger partial charge in [0.25, 0.3) is 0 Å². The van der Waals surface area contributed by atoms with Gasteiger partial charge in [-0.1, -0.05) is 25.8 Å². The number of allylic oxidation sites excluding steroid dienone is 1. The van der Waals surface area contributed by atoms with Crippen LogP contribution in [0.5, 0.6) is 0 Å². The van der Waals surface area contributed by atoms with Crippen molar-refractivity contribution >= 4 is 0 Å². The molecule has 0 N–H and O–H groups in total. The molecule has 0 aromatic heterocycles. The van der Waals surface area contributed by atoms with E-state index in [-0.39, 0.29) is 17.2 Å². The molecule has 0 nitrogen and oxygen atoms in total. The summed E-state index contributed by atoms with van der Waals surface area (Å²) in [6, 6.07) is 1.65. The zero-order valence-corrected chi connectivity index (χ0v) is 17.5. The average Bonchev–Trinajstić information content (AvgIpc) is 2.72. The van der Waals surface area contributed by atoms with Gasteiger partial charge in [0, 0.05) is 5.56 Å². The lowest BCUT2D eigenvalue weighted by Gasteiger charge is -2.45. The molecule has 4 rings (SSSR count). The van der Waals surface area contributed by atoms with Crippen molar-refractivity contribution in [3.8, 4) is 0 Å². The molecule has 2 heteroatoms. The molecule has 3 aliphatic rings. The Morgan fingerprint density at radius 3 is 2.46 bits per heavy atom. The Labute approximate surface area is 169 Å². The minimum absolute atomic E-state index is 0.267. The highest BCUT2D eigenvalue weighted by Gasteiger charge is 2.38.